The molecule has 0 N–H and O–H groups in total. The second-order valence-corrected chi connectivity index (χ2v) is 9.49. The second kappa shape index (κ2) is 14.9. The minimum absolute atomic E-state index is 0.0848. The molecule has 0 unspecified atom stereocenters. The van der Waals surface area contributed by atoms with E-state index in [0.717, 1.165) is 18.6 Å². The fraction of sp³-hybridized carbons (Fsp3) is 0.344. The van der Waals surface area contributed by atoms with Gasteiger partial charge in [-0.3, -0.25) is 14.4 Å². The maximum Gasteiger partial charge on any atom is 0.374 e. The highest BCUT2D eigenvalue weighted by Crippen LogP contribution is 2.26. The molecule has 12 heteroatoms. The molecule has 0 aliphatic heterocycles. The summed E-state index contributed by atoms with van der Waals surface area (Å²) in [5, 5.41) is 0.170. The van der Waals surface area contributed by atoms with E-state index in [4.69, 9.17) is 32.5 Å². The minimum atomic E-state index is -0.957. The smallest absolute Gasteiger partial charge is 0.374 e. The zero-order valence-corrected chi connectivity index (χ0v) is 24.5. The summed E-state index contributed by atoms with van der Waals surface area (Å²) in [6.07, 6.45) is 0.622. The fourth-order valence-electron chi connectivity index (χ4n) is 4.25. The molecule has 0 amide bonds. The van der Waals surface area contributed by atoms with Gasteiger partial charge in [0.1, 0.15) is 46.7 Å². The lowest BCUT2D eigenvalue weighted by atomic mass is 10.2. The highest BCUT2D eigenvalue weighted by Gasteiger charge is 2.21. The Balaban J connectivity index is 1.58. The zero-order chi connectivity index (χ0) is 31.6. The Morgan fingerprint density at radius 3 is 1.64 bits per heavy atom. The van der Waals surface area contributed by atoms with Crippen LogP contribution in [0, 0.1) is 0 Å². The van der Waals surface area contributed by atoms with Gasteiger partial charge in [0.05, 0.1) is 13.2 Å². The largest absolute Gasteiger partial charge is 0.489 e. The monoisotopic (exact) mass is 608 g/mol. The van der Waals surface area contributed by atoms with E-state index >= 15 is 0 Å². The molecule has 12 nitrogen and oxygen atoms in total. The molecule has 0 saturated carbocycles. The molecule has 0 bridgehead atoms. The van der Waals surface area contributed by atoms with E-state index in [2.05, 4.69) is 0 Å². The molecular formula is C32H32O12. The van der Waals surface area contributed by atoms with E-state index in [0.29, 0.717) is 6.42 Å². The number of carbonyl (C=O) groups is 3. The van der Waals surface area contributed by atoms with E-state index in [9.17, 15) is 24.0 Å². The number of ether oxygens (including phenoxy) is 5. The topological polar surface area (TPSA) is 158 Å². The summed E-state index contributed by atoms with van der Waals surface area (Å²) >= 11 is 0. The van der Waals surface area contributed by atoms with Crippen LogP contribution in [0.4, 0.5) is 0 Å². The molecule has 0 fully saturated rings. The van der Waals surface area contributed by atoms with Crippen molar-refractivity contribution in [3.63, 3.8) is 0 Å². The summed E-state index contributed by atoms with van der Waals surface area (Å²) in [7, 11) is 0. The molecule has 0 atom stereocenters. The predicted octanol–water partition coefficient (Wildman–Crippen LogP) is 4.81. The number of benzene rings is 2. The van der Waals surface area contributed by atoms with Crippen LogP contribution in [-0.2, 0) is 19.0 Å². The van der Waals surface area contributed by atoms with Crippen molar-refractivity contribution in [2.45, 2.75) is 46.1 Å². The van der Waals surface area contributed by atoms with Crippen LogP contribution in [0.3, 0.4) is 0 Å². The predicted molar refractivity (Wildman–Crippen MR) is 157 cm³/mol. The molecule has 44 heavy (non-hydrogen) atoms. The Morgan fingerprint density at radius 2 is 1.20 bits per heavy atom. The number of carbonyl (C=O) groups excluding carboxylic acids is 3. The number of fused-ring (bicyclic) bond motifs is 2. The summed E-state index contributed by atoms with van der Waals surface area (Å²) in [4.78, 5) is 62.5. The van der Waals surface area contributed by atoms with Crippen molar-refractivity contribution >= 4 is 39.8 Å². The third kappa shape index (κ3) is 7.63. The van der Waals surface area contributed by atoms with E-state index in [1.54, 1.807) is 26.0 Å². The van der Waals surface area contributed by atoms with Crippen LogP contribution in [0.25, 0.3) is 21.9 Å². The number of unbranched alkanes of at least 4 members (excludes halogenated alkanes) is 1. The fourth-order valence-corrected chi connectivity index (χ4v) is 4.25. The van der Waals surface area contributed by atoms with Crippen molar-refractivity contribution in [1.82, 2.24) is 0 Å². The Hall–Kier alpha value is -5.13. The van der Waals surface area contributed by atoms with Crippen LogP contribution in [0.2, 0.25) is 0 Å². The summed E-state index contributed by atoms with van der Waals surface area (Å²) in [5.41, 5.74) is -0.837. The van der Waals surface area contributed by atoms with Gasteiger partial charge in [-0.15, -0.1) is 0 Å². The first-order chi connectivity index (χ1) is 21.2. The van der Waals surface area contributed by atoms with Gasteiger partial charge in [0.25, 0.3) is 0 Å². The highest BCUT2D eigenvalue weighted by molar-refractivity contribution is 5.91. The standard InChI is InChI=1S/C32H32O12/c1-4-7-14-28(35)42-19(17-40-22-10-8-12-24-29(22)20(33)15-26(43-24)31(36)38-5-2)18-41-23-11-9-13-25-30(23)21(34)16-27(44-25)32(37)39-6-3/h8-13,15-16,19H,4-7,14,17-18H2,1-3H3. The molecule has 232 valence electrons. The van der Waals surface area contributed by atoms with Crippen molar-refractivity contribution in [2.75, 3.05) is 26.4 Å². The van der Waals surface area contributed by atoms with Gasteiger partial charge in [-0.25, -0.2) is 9.59 Å². The van der Waals surface area contributed by atoms with Crippen molar-refractivity contribution in [2.24, 2.45) is 0 Å². The van der Waals surface area contributed by atoms with E-state index < -0.39 is 34.9 Å². The third-order valence-electron chi connectivity index (χ3n) is 6.27. The Labute approximate surface area is 251 Å². The molecule has 4 rings (SSSR count). The highest BCUT2D eigenvalue weighted by atomic mass is 16.6. The van der Waals surface area contributed by atoms with Crippen LogP contribution < -0.4 is 20.3 Å². The molecule has 0 radical (unpaired) electrons. The van der Waals surface area contributed by atoms with Crippen LogP contribution in [0.15, 0.2) is 67.0 Å². The Bertz CT molecular complexity index is 1650. The SMILES string of the molecule is CCCCC(=O)OC(COc1cccc2oc(C(=O)OCC)cc(=O)c12)COc1cccc2oc(C(=O)OCC)cc(=O)c12. The van der Waals surface area contributed by atoms with Gasteiger partial charge in [-0.2, -0.15) is 0 Å². The van der Waals surface area contributed by atoms with Crippen molar-refractivity contribution in [1.29, 1.82) is 0 Å². The second-order valence-electron chi connectivity index (χ2n) is 9.49. The van der Waals surface area contributed by atoms with Gasteiger partial charge >= 0.3 is 17.9 Å². The van der Waals surface area contributed by atoms with E-state index in [1.807, 2.05) is 6.92 Å². The molecule has 2 aromatic carbocycles. The summed E-state index contributed by atoms with van der Waals surface area (Å²) < 4.78 is 38.4. The Kier molecular flexibility index (Phi) is 10.7. The molecule has 0 saturated heterocycles. The lowest BCUT2D eigenvalue weighted by molar-refractivity contribution is -0.152. The lowest BCUT2D eigenvalue weighted by Gasteiger charge is -2.20. The van der Waals surface area contributed by atoms with E-state index in [1.165, 1.54) is 24.3 Å². The first-order valence-electron chi connectivity index (χ1n) is 14.2. The number of rotatable bonds is 14. The van der Waals surface area contributed by atoms with Gasteiger partial charge in [0.2, 0.25) is 11.5 Å². The summed E-state index contributed by atoms with van der Waals surface area (Å²) in [5.74, 6) is -2.23. The molecule has 2 aromatic heterocycles. The van der Waals surface area contributed by atoms with Crippen LogP contribution in [0.1, 0.15) is 61.1 Å². The molecule has 0 aliphatic carbocycles. The van der Waals surface area contributed by atoms with Gasteiger partial charge < -0.3 is 32.5 Å². The van der Waals surface area contributed by atoms with Crippen molar-refractivity contribution < 1.29 is 46.9 Å². The number of esters is 3. The summed E-state index contributed by atoms with van der Waals surface area (Å²) in [6, 6.07) is 11.3. The van der Waals surface area contributed by atoms with Crippen LogP contribution in [0.5, 0.6) is 11.5 Å². The molecule has 0 aliphatic rings. The van der Waals surface area contributed by atoms with E-state index in [-0.39, 0.29) is 77.8 Å². The average Bonchev–Trinajstić information content (AvgIpc) is 3.01. The average molecular weight is 609 g/mol. The van der Waals surface area contributed by atoms with Crippen LogP contribution >= 0.6 is 0 Å². The van der Waals surface area contributed by atoms with Gasteiger partial charge in [-0.05, 0) is 44.5 Å². The minimum Gasteiger partial charge on any atom is -0.489 e. The van der Waals surface area contributed by atoms with Crippen LogP contribution in [-0.4, -0.2) is 50.4 Å². The molecular weight excluding hydrogens is 576 g/mol. The number of hydrogen-bond donors (Lipinski definition) is 0. The normalized spacial score (nSPS) is 11.0. The molecule has 4 aromatic rings. The molecule has 0 spiro atoms. The first-order valence-corrected chi connectivity index (χ1v) is 14.2. The quantitative estimate of drug-likeness (QED) is 0.142. The van der Waals surface area contributed by atoms with Gasteiger partial charge in [-0.1, -0.05) is 25.5 Å². The first kappa shape index (κ1) is 31.8. The lowest BCUT2D eigenvalue weighted by Crippen LogP contribution is -2.31. The van der Waals surface area contributed by atoms with Crippen molar-refractivity contribution in [3.05, 3.63) is 80.5 Å². The van der Waals surface area contributed by atoms with Gasteiger partial charge in [0.15, 0.2) is 17.0 Å². The van der Waals surface area contributed by atoms with Gasteiger partial charge in [0, 0.05) is 18.6 Å². The summed E-state index contributed by atoms with van der Waals surface area (Å²) in [6.45, 7) is 5.00. The zero-order valence-electron chi connectivity index (χ0n) is 24.5. The molecule has 2 heterocycles. The third-order valence-corrected chi connectivity index (χ3v) is 6.27. The maximum absolute atomic E-state index is 12.9. The van der Waals surface area contributed by atoms with Crippen molar-refractivity contribution in [3.8, 4) is 11.5 Å². The maximum atomic E-state index is 12.9. The number of hydrogen-bond acceptors (Lipinski definition) is 12. The Morgan fingerprint density at radius 1 is 0.727 bits per heavy atom.